The van der Waals surface area contributed by atoms with Crippen molar-refractivity contribution in [2.45, 2.75) is 25.7 Å². The number of benzene rings is 4. The molecule has 5 nitrogen and oxygen atoms in total. The van der Waals surface area contributed by atoms with E-state index in [1.165, 1.54) is 11.1 Å². The second-order valence-electron chi connectivity index (χ2n) is 7.87. The van der Waals surface area contributed by atoms with E-state index in [9.17, 15) is 19.8 Å². The molecule has 0 aliphatic heterocycles. The van der Waals surface area contributed by atoms with Gasteiger partial charge in [0.15, 0.2) is 0 Å². The summed E-state index contributed by atoms with van der Waals surface area (Å²) in [5.41, 5.74) is 6.66. The van der Waals surface area contributed by atoms with Gasteiger partial charge in [-0.2, -0.15) is 0 Å². The average molecular weight is 515 g/mol. The molecular formula is C30H28Na2O5. The molecule has 2 N–H and O–H groups in total. The minimum Gasteiger partial charge on any atom is -0.550 e. The van der Waals surface area contributed by atoms with Crippen molar-refractivity contribution < 1.29 is 84.4 Å². The Morgan fingerprint density at radius 1 is 0.459 bits per heavy atom. The van der Waals surface area contributed by atoms with E-state index in [0.29, 0.717) is 12.8 Å². The molecule has 0 aliphatic rings. The zero-order valence-electron chi connectivity index (χ0n) is 21.4. The first kappa shape index (κ1) is 34.8. The van der Waals surface area contributed by atoms with Gasteiger partial charge in [-0.1, -0.05) is 109 Å². The third-order valence-electron chi connectivity index (χ3n) is 5.36. The normalized spacial score (nSPS) is 9.30. The smallest absolute Gasteiger partial charge is 0.550 e. The summed E-state index contributed by atoms with van der Waals surface area (Å²) in [4.78, 5) is 20.7. The monoisotopic (exact) mass is 514 g/mol. The summed E-state index contributed by atoms with van der Waals surface area (Å²) in [6, 6.07) is 36.1. The maximum absolute atomic E-state index is 10.3. The molecule has 0 atom stereocenters. The second kappa shape index (κ2) is 18.9. The zero-order chi connectivity index (χ0) is 24.2. The van der Waals surface area contributed by atoms with E-state index in [1.54, 1.807) is 0 Å². The van der Waals surface area contributed by atoms with Crippen LogP contribution in [-0.4, -0.2) is 17.4 Å². The summed E-state index contributed by atoms with van der Waals surface area (Å²) >= 11 is 0. The van der Waals surface area contributed by atoms with E-state index < -0.39 is 11.9 Å². The Hall–Kier alpha value is -2.22. The zero-order valence-corrected chi connectivity index (χ0v) is 25.4. The average Bonchev–Trinajstić information content (AvgIpc) is 2.88. The van der Waals surface area contributed by atoms with Gasteiger partial charge in [0.05, 0.1) is 0 Å². The van der Waals surface area contributed by atoms with Crippen molar-refractivity contribution >= 4 is 11.9 Å². The minimum absolute atomic E-state index is 0. The molecule has 0 aromatic heterocycles. The van der Waals surface area contributed by atoms with Crippen LogP contribution in [0, 0.1) is 0 Å². The van der Waals surface area contributed by atoms with Crippen molar-refractivity contribution in [3.8, 4) is 22.3 Å². The van der Waals surface area contributed by atoms with E-state index in [0.717, 1.165) is 22.3 Å². The van der Waals surface area contributed by atoms with Crippen LogP contribution in [0.25, 0.3) is 22.3 Å². The maximum atomic E-state index is 10.3. The first-order valence-corrected chi connectivity index (χ1v) is 11.2. The summed E-state index contributed by atoms with van der Waals surface area (Å²) in [6.45, 7) is 0. The largest absolute Gasteiger partial charge is 1.00 e. The number of aryl methyl sites for hydroxylation is 2. The van der Waals surface area contributed by atoms with Gasteiger partial charge in [-0.3, -0.25) is 0 Å². The molecule has 0 saturated carbocycles. The topological polar surface area (TPSA) is 112 Å². The molecule has 37 heavy (non-hydrogen) atoms. The van der Waals surface area contributed by atoms with Crippen molar-refractivity contribution in [3.05, 3.63) is 120 Å². The third kappa shape index (κ3) is 12.7. The molecular weight excluding hydrogens is 486 g/mol. The van der Waals surface area contributed by atoms with Gasteiger partial charge in [-0.25, -0.2) is 0 Å². The fourth-order valence-corrected chi connectivity index (χ4v) is 3.48. The standard InChI is InChI=1S/2C15H14O2.2Na.H2O/c2*16-15(17)11-8-12-6-9-14(10-7-12)13-4-2-1-3-5-13;;;/h2*1-7,9-10H,8,11H2,(H,16,17);;;1H2/q;;2*+1;/p-2. The fourth-order valence-electron chi connectivity index (χ4n) is 3.48. The first-order chi connectivity index (χ1) is 16.5. The molecule has 7 heteroatoms. The van der Waals surface area contributed by atoms with E-state index in [4.69, 9.17) is 0 Å². The molecule has 4 aromatic rings. The van der Waals surface area contributed by atoms with Crippen molar-refractivity contribution in [3.63, 3.8) is 0 Å². The summed E-state index contributed by atoms with van der Waals surface area (Å²) in [6.07, 6.45) is 1.20. The van der Waals surface area contributed by atoms with Crippen LogP contribution in [0.4, 0.5) is 0 Å². The van der Waals surface area contributed by atoms with Gasteiger partial charge in [0, 0.05) is 11.9 Å². The van der Waals surface area contributed by atoms with Crippen LogP contribution in [0.2, 0.25) is 0 Å². The Labute approximate surface area is 262 Å². The number of hydrogen-bond acceptors (Lipinski definition) is 4. The summed E-state index contributed by atoms with van der Waals surface area (Å²) < 4.78 is 0. The van der Waals surface area contributed by atoms with Gasteiger partial charge in [0.2, 0.25) is 0 Å². The molecule has 4 aromatic carbocycles. The molecule has 180 valence electrons. The molecule has 0 saturated heterocycles. The molecule has 0 spiro atoms. The van der Waals surface area contributed by atoms with Crippen LogP contribution in [0.1, 0.15) is 24.0 Å². The quantitative estimate of drug-likeness (QED) is 0.238. The Bertz CT molecular complexity index is 1080. The van der Waals surface area contributed by atoms with E-state index in [2.05, 4.69) is 24.3 Å². The number of carbonyl (C=O) groups excluding carboxylic acids is 2. The van der Waals surface area contributed by atoms with Gasteiger partial charge >= 0.3 is 59.1 Å². The van der Waals surface area contributed by atoms with Gasteiger partial charge in [0.1, 0.15) is 0 Å². The number of hydrogen-bond donors (Lipinski definition) is 0. The summed E-state index contributed by atoms with van der Waals surface area (Å²) in [5, 5.41) is 20.7. The van der Waals surface area contributed by atoms with E-state index >= 15 is 0 Å². The van der Waals surface area contributed by atoms with Crippen molar-refractivity contribution in [2.75, 3.05) is 0 Å². The van der Waals surface area contributed by atoms with Gasteiger partial charge < -0.3 is 25.3 Å². The number of rotatable bonds is 8. The molecule has 0 unspecified atom stereocenters. The first-order valence-electron chi connectivity index (χ1n) is 11.2. The Morgan fingerprint density at radius 3 is 1.00 bits per heavy atom. The van der Waals surface area contributed by atoms with Crippen LogP contribution < -0.4 is 69.3 Å². The summed E-state index contributed by atoms with van der Waals surface area (Å²) in [7, 11) is 0. The molecule has 0 fully saturated rings. The van der Waals surface area contributed by atoms with Crippen molar-refractivity contribution in [2.24, 2.45) is 0 Å². The molecule has 0 radical (unpaired) electrons. The Morgan fingerprint density at radius 2 is 0.730 bits per heavy atom. The van der Waals surface area contributed by atoms with Crippen LogP contribution >= 0.6 is 0 Å². The van der Waals surface area contributed by atoms with Crippen LogP contribution in [0.15, 0.2) is 109 Å². The minimum atomic E-state index is -1.00. The molecule has 0 heterocycles. The van der Waals surface area contributed by atoms with Gasteiger partial charge in [-0.05, 0) is 59.1 Å². The SMILES string of the molecule is O.O=C([O-])CCc1ccc(-c2ccccc2)cc1.O=C([O-])CCc1ccc(-c2ccccc2)cc1.[Na+].[Na+]. The number of carboxylic acids is 2. The molecule has 4 rings (SSSR count). The second-order valence-corrected chi connectivity index (χ2v) is 7.87. The third-order valence-corrected chi connectivity index (χ3v) is 5.36. The predicted octanol–water partition coefficient (Wildman–Crippen LogP) is -2.74. The van der Waals surface area contributed by atoms with E-state index in [1.807, 2.05) is 84.9 Å². The fraction of sp³-hybridized carbons (Fsp3) is 0.133. The summed E-state index contributed by atoms with van der Waals surface area (Å²) in [5.74, 6) is -2.01. The molecule has 0 amide bonds. The van der Waals surface area contributed by atoms with Gasteiger partial charge in [0.25, 0.3) is 0 Å². The van der Waals surface area contributed by atoms with Crippen LogP contribution in [0.3, 0.4) is 0 Å². The molecule has 0 aliphatic carbocycles. The predicted molar refractivity (Wildman–Crippen MR) is 134 cm³/mol. The van der Waals surface area contributed by atoms with Crippen LogP contribution in [0.5, 0.6) is 0 Å². The van der Waals surface area contributed by atoms with Crippen LogP contribution in [-0.2, 0) is 22.4 Å². The van der Waals surface area contributed by atoms with Crippen molar-refractivity contribution in [1.29, 1.82) is 0 Å². The Balaban J connectivity index is 0.000000648. The van der Waals surface area contributed by atoms with Crippen molar-refractivity contribution in [1.82, 2.24) is 0 Å². The number of carboxylic acid groups (broad SMARTS) is 2. The number of carbonyl (C=O) groups is 2. The molecule has 0 bridgehead atoms. The van der Waals surface area contributed by atoms with E-state index in [-0.39, 0.29) is 77.4 Å². The Kier molecular flexibility index (Phi) is 17.8. The van der Waals surface area contributed by atoms with Gasteiger partial charge in [-0.15, -0.1) is 0 Å². The number of aliphatic carboxylic acids is 2. The maximum Gasteiger partial charge on any atom is 1.00 e.